The number of benzene rings is 2. The molecule has 0 radical (unpaired) electrons. The smallest absolute Gasteiger partial charge is 0.411 e. The number of ether oxygens (including phenoxy) is 1. The maximum absolute atomic E-state index is 13.0. The summed E-state index contributed by atoms with van der Waals surface area (Å²) in [4.78, 5) is 25.7. The van der Waals surface area contributed by atoms with Crippen LogP contribution >= 0.6 is 0 Å². The highest BCUT2D eigenvalue weighted by atomic mass is 28.4. The lowest BCUT2D eigenvalue weighted by Gasteiger charge is -2.48. The van der Waals surface area contributed by atoms with Crippen molar-refractivity contribution in [3.05, 3.63) is 77.9 Å². The van der Waals surface area contributed by atoms with Gasteiger partial charge in [0.05, 0.1) is 12.6 Å². The average Bonchev–Trinajstić information content (AvgIpc) is 2.80. The molecule has 188 valence electrons. The van der Waals surface area contributed by atoms with Gasteiger partial charge in [-0.15, -0.1) is 0 Å². The molecule has 1 aliphatic rings. The maximum Gasteiger partial charge on any atom is 0.411 e. The Morgan fingerprint density at radius 1 is 1.03 bits per heavy atom. The first kappa shape index (κ1) is 27.2. The summed E-state index contributed by atoms with van der Waals surface area (Å²) >= 11 is 0. The van der Waals surface area contributed by atoms with Gasteiger partial charge in [-0.25, -0.2) is 9.59 Å². The van der Waals surface area contributed by atoms with E-state index >= 15 is 0 Å². The van der Waals surface area contributed by atoms with Crippen LogP contribution in [0.4, 0.5) is 4.79 Å². The lowest BCUT2D eigenvalue weighted by Crippen LogP contribution is -2.68. The summed E-state index contributed by atoms with van der Waals surface area (Å²) in [6.45, 7) is 12.5. The predicted octanol–water partition coefficient (Wildman–Crippen LogP) is 4.39. The molecule has 0 bridgehead atoms. The lowest BCUT2D eigenvalue weighted by molar-refractivity contribution is 0.00294. The van der Waals surface area contributed by atoms with Crippen molar-refractivity contribution >= 4 is 30.7 Å². The summed E-state index contributed by atoms with van der Waals surface area (Å²) in [5.41, 5.74) is 0.00322. The van der Waals surface area contributed by atoms with Crippen LogP contribution in [0.3, 0.4) is 0 Å². The van der Waals surface area contributed by atoms with Crippen molar-refractivity contribution < 1.29 is 18.8 Å². The van der Waals surface area contributed by atoms with Gasteiger partial charge in [0.25, 0.3) is 8.32 Å². The van der Waals surface area contributed by atoms with Gasteiger partial charge in [-0.1, -0.05) is 81.4 Å². The van der Waals surface area contributed by atoms with E-state index in [-0.39, 0.29) is 23.8 Å². The molecule has 1 heterocycles. The molecule has 0 aliphatic carbocycles. The third kappa shape index (κ3) is 5.68. The van der Waals surface area contributed by atoms with Crippen molar-refractivity contribution in [1.29, 1.82) is 5.26 Å². The molecule has 0 spiro atoms. The highest BCUT2D eigenvalue weighted by Gasteiger charge is 2.51. The van der Waals surface area contributed by atoms with E-state index in [1.54, 1.807) is 10.8 Å². The Labute approximate surface area is 215 Å². The van der Waals surface area contributed by atoms with Crippen LogP contribution in [-0.2, 0) is 14.0 Å². The molecule has 6 nitrogen and oxygen atoms in total. The number of nitrogens with zero attached hydrogens (tertiary/aromatic N) is 2. The number of carbonyl (C=O) groups is 1. The van der Waals surface area contributed by atoms with Gasteiger partial charge < -0.3 is 9.16 Å². The molecule has 0 N–H and O–H groups in total. The Hall–Kier alpha value is -3.43. The number of hydrogen-bond acceptors (Lipinski definition) is 5. The molecule has 2 aromatic carbocycles. The van der Waals surface area contributed by atoms with Crippen LogP contribution in [0.5, 0.6) is 0 Å². The van der Waals surface area contributed by atoms with Gasteiger partial charge in [-0.2, -0.15) is 5.26 Å². The molecule has 7 heteroatoms. The van der Waals surface area contributed by atoms with Crippen LogP contribution in [0.25, 0.3) is 0 Å². The summed E-state index contributed by atoms with van der Waals surface area (Å²) in [6.07, 6.45) is 1.05. The van der Waals surface area contributed by atoms with Gasteiger partial charge in [0.1, 0.15) is 23.2 Å². The number of likely N-dealkylation sites (tertiary alicyclic amines) is 1. The zero-order valence-corrected chi connectivity index (χ0v) is 22.9. The Morgan fingerprint density at radius 3 is 1.97 bits per heavy atom. The molecule has 1 amide bonds. The van der Waals surface area contributed by atoms with Gasteiger partial charge in [-0.3, -0.25) is 4.90 Å². The molecule has 1 saturated heterocycles. The van der Waals surface area contributed by atoms with E-state index < -0.39 is 26.1 Å². The predicted molar refractivity (Wildman–Crippen MR) is 143 cm³/mol. The quantitative estimate of drug-likeness (QED) is 0.333. The van der Waals surface area contributed by atoms with Crippen LogP contribution in [0.1, 0.15) is 41.5 Å². The van der Waals surface area contributed by atoms with Crippen LogP contribution in [0.15, 0.2) is 77.9 Å². The number of allylic oxidation sites excluding steroid dienone is 2. The minimum absolute atomic E-state index is 0.107. The molecule has 1 atom stereocenters. The second-order valence-corrected chi connectivity index (χ2v) is 15.3. The second kappa shape index (κ2) is 10.7. The molecule has 36 heavy (non-hydrogen) atoms. The molecule has 1 unspecified atom stereocenters. The molecule has 0 aromatic heterocycles. The van der Waals surface area contributed by atoms with Crippen LogP contribution < -0.4 is 10.4 Å². The molecular weight excluding hydrogens is 468 g/mol. The number of amides is 1. The lowest BCUT2D eigenvalue weighted by atomic mass is 9.95. The zero-order valence-electron chi connectivity index (χ0n) is 21.9. The molecule has 0 saturated carbocycles. The summed E-state index contributed by atoms with van der Waals surface area (Å²) in [7, 11) is -2.85. The summed E-state index contributed by atoms with van der Waals surface area (Å²) in [5, 5.41) is 11.3. The van der Waals surface area contributed by atoms with E-state index in [0.717, 1.165) is 15.9 Å². The fourth-order valence-corrected chi connectivity index (χ4v) is 9.15. The normalized spacial score (nSPS) is 17.1. The van der Waals surface area contributed by atoms with Gasteiger partial charge in [-0.05, 0) is 47.8 Å². The van der Waals surface area contributed by atoms with E-state index in [1.807, 2.05) is 63.2 Å². The topological polar surface area (TPSA) is 79.6 Å². The molecule has 2 aromatic rings. The number of rotatable bonds is 6. The molecule has 3 rings (SSSR count). The SMILES string of the molecule is CC(C)(C)OC(=O)N1C/C(=C/C(=C=O)C#N)C1CO[Si](c1ccccc1)(c1ccccc1)C(C)(C)C. The van der Waals surface area contributed by atoms with Gasteiger partial charge in [0.15, 0.2) is 0 Å². The van der Waals surface area contributed by atoms with Gasteiger partial charge in [0, 0.05) is 6.54 Å². The summed E-state index contributed by atoms with van der Waals surface area (Å²) in [6, 6.07) is 21.9. The molecular formula is C29H34N2O4Si. The van der Waals surface area contributed by atoms with Crippen molar-refractivity contribution in [2.24, 2.45) is 0 Å². The Bertz CT molecular complexity index is 1160. The van der Waals surface area contributed by atoms with Crippen LogP contribution in [0.2, 0.25) is 5.04 Å². The zero-order chi connectivity index (χ0) is 26.6. The first-order valence-electron chi connectivity index (χ1n) is 12.0. The monoisotopic (exact) mass is 502 g/mol. The minimum Gasteiger partial charge on any atom is -0.444 e. The van der Waals surface area contributed by atoms with Crippen molar-refractivity contribution in [3.63, 3.8) is 0 Å². The third-order valence-electron chi connectivity index (χ3n) is 6.22. The fraction of sp³-hybridized carbons (Fsp3) is 0.379. The first-order valence-corrected chi connectivity index (χ1v) is 13.9. The number of carbonyl (C=O) groups excluding carboxylic acids is 2. The van der Waals surface area contributed by atoms with Crippen LogP contribution in [-0.4, -0.2) is 50.0 Å². The minimum atomic E-state index is -2.85. The van der Waals surface area contributed by atoms with Gasteiger partial charge in [0.2, 0.25) is 0 Å². The van der Waals surface area contributed by atoms with Gasteiger partial charge >= 0.3 is 6.09 Å². The summed E-state index contributed by atoms with van der Waals surface area (Å²) in [5.74, 6) is 1.66. The summed E-state index contributed by atoms with van der Waals surface area (Å²) < 4.78 is 12.6. The number of hydrogen-bond donors (Lipinski definition) is 0. The maximum atomic E-state index is 13.0. The fourth-order valence-electron chi connectivity index (χ4n) is 4.59. The van der Waals surface area contributed by atoms with Crippen molar-refractivity contribution in [1.82, 2.24) is 4.90 Å². The highest BCUT2D eigenvalue weighted by molar-refractivity contribution is 6.99. The van der Waals surface area contributed by atoms with Crippen molar-refractivity contribution in [2.45, 2.75) is 58.2 Å². The van der Waals surface area contributed by atoms with Crippen molar-refractivity contribution in [3.8, 4) is 6.07 Å². The highest BCUT2D eigenvalue weighted by Crippen LogP contribution is 2.38. The van der Waals surface area contributed by atoms with Crippen LogP contribution in [0, 0.1) is 11.3 Å². The molecule has 1 fully saturated rings. The van der Waals surface area contributed by atoms with E-state index in [4.69, 9.17) is 9.16 Å². The Morgan fingerprint density at radius 2 is 1.56 bits per heavy atom. The standard InChI is InChI=1S/C29H34N2O4Si/c1-28(2,3)35-27(33)31-19-23(17-22(18-30)20-32)26(31)21-34-36(29(4,5)6,24-13-9-7-10-14-24)25-15-11-8-12-16-25/h7-17,26H,19,21H2,1-6H3/b23-17-. The molecule has 1 aliphatic heterocycles. The van der Waals surface area contributed by atoms with E-state index in [2.05, 4.69) is 45.0 Å². The Kier molecular flexibility index (Phi) is 8.05. The Balaban J connectivity index is 2.05. The first-order chi connectivity index (χ1) is 16.9. The third-order valence-corrected chi connectivity index (χ3v) is 11.2. The van der Waals surface area contributed by atoms with Crippen molar-refractivity contribution in [2.75, 3.05) is 13.2 Å². The second-order valence-electron chi connectivity index (χ2n) is 10.9. The average molecular weight is 503 g/mol. The van der Waals surface area contributed by atoms with E-state index in [9.17, 15) is 14.9 Å². The largest absolute Gasteiger partial charge is 0.444 e. The number of nitriles is 1. The van der Waals surface area contributed by atoms with E-state index in [0.29, 0.717) is 0 Å². The van der Waals surface area contributed by atoms with E-state index in [1.165, 1.54) is 6.08 Å².